The van der Waals surface area contributed by atoms with E-state index in [4.69, 9.17) is 16.3 Å². The molecule has 5 rings (SSSR count). The SMILES string of the molecule is CC1NC(C(=O)NC23CCC(NC(=O)COC4CCC(Cl)C(F)C4)(CC2)C(O)C3)CCC1C#N. The average Bonchev–Trinajstić information content (AvgIpc) is 2.81. The van der Waals surface area contributed by atoms with Gasteiger partial charge in [-0.05, 0) is 64.7 Å². The van der Waals surface area contributed by atoms with E-state index in [0.717, 1.165) is 0 Å². The van der Waals surface area contributed by atoms with Crippen molar-refractivity contribution in [2.45, 2.75) is 118 Å². The Hall–Kier alpha value is -1.47. The summed E-state index contributed by atoms with van der Waals surface area (Å²) in [6.45, 7) is 1.76. The third kappa shape index (κ3) is 5.35. The van der Waals surface area contributed by atoms with Gasteiger partial charge in [-0.1, -0.05) is 0 Å². The second kappa shape index (κ2) is 10.3. The van der Waals surface area contributed by atoms with Crippen molar-refractivity contribution in [2.24, 2.45) is 5.92 Å². The monoisotopic (exact) mass is 498 g/mol. The molecule has 2 bridgehead atoms. The number of hydrogen-bond donors (Lipinski definition) is 4. The maximum absolute atomic E-state index is 13.8. The highest BCUT2D eigenvalue weighted by Crippen LogP contribution is 2.47. The van der Waals surface area contributed by atoms with E-state index in [2.05, 4.69) is 22.0 Å². The van der Waals surface area contributed by atoms with Crippen LogP contribution in [0.2, 0.25) is 0 Å². The van der Waals surface area contributed by atoms with Gasteiger partial charge < -0.3 is 25.8 Å². The maximum Gasteiger partial charge on any atom is 0.246 e. The lowest BCUT2D eigenvalue weighted by Crippen LogP contribution is -2.71. The minimum Gasteiger partial charge on any atom is -0.391 e. The van der Waals surface area contributed by atoms with Crippen LogP contribution in [0.25, 0.3) is 0 Å². The molecule has 0 aromatic heterocycles. The van der Waals surface area contributed by atoms with Crippen molar-refractivity contribution in [1.29, 1.82) is 5.26 Å². The van der Waals surface area contributed by atoms with Gasteiger partial charge in [-0.15, -0.1) is 11.6 Å². The summed E-state index contributed by atoms with van der Waals surface area (Å²) in [5.74, 6) is -0.483. The number of carbonyl (C=O) groups is 2. The van der Waals surface area contributed by atoms with Crippen molar-refractivity contribution >= 4 is 23.4 Å². The normalized spacial score (nSPS) is 44.1. The van der Waals surface area contributed by atoms with Crippen molar-refractivity contribution in [2.75, 3.05) is 6.61 Å². The van der Waals surface area contributed by atoms with E-state index >= 15 is 0 Å². The van der Waals surface area contributed by atoms with E-state index in [1.54, 1.807) is 0 Å². The number of nitriles is 1. The number of halogens is 2. The summed E-state index contributed by atoms with van der Waals surface area (Å²) >= 11 is 5.91. The summed E-state index contributed by atoms with van der Waals surface area (Å²) in [4.78, 5) is 25.6. The first-order valence-corrected chi connectivity index (χ1v) is 13.0. The molecule has 7 unspecified atom stereocenters. The maximum atomic E-state index is 13.8. The third-order valence-electron chi connectivity index (χ3n) is 8.51. The minimum absolute atomic E-state index is 0.0406. The molecule has 5 aliphatic rings. The highest BCUT2D eigenvalue weighted by Gasteiger charge is 2.55. The Morgan fingerprint density at radius 2 is 1.94 bits per heavy atom. The number of amides is 2. The van der Waals surface area contributed by atoms with Gasteiger partial charge >= 0.3 is 0 Å². The van der Waals surface area contributed by atoms with Crippen LogP contribution in [-0.4, -0.2) is 70.4 Å². The van der Waals surface area contributed by atoms with Gasteiger partial charge in [-0.2, -0.15) is 5.26 Å². The summed E-state index contributed by atoms with van der Waals surface area (Å²) in [5.41, 5.74) is -1.20. The van der Waals surface area contributed by atoms with Crippen LogP contribution in [-0.2, 0) is 14.3 Å². The Balaban J connectivity index is 1.26. The predicted octanol–water partition coefficient (Wildman–Crippen LogP) is 1.83. The summed E-state index contributed by atoms with van der Waals surface area (Å²) in [5, 5.41) is 29.1. The van der Waals surface area contributed by atoms with Crippen LogP contribution in [0.3, 0.4) is 0 Å². The lowest BCUT2D eigenvalue weighted by atomic mass is 9.59. The number of aliphatic hydroxyl groups is 1. The van der Waals surface area contributed by atoms with E-state index in [1.807, 2.05) is 6.92 Å². The summed E-state index contributed by atoms with van der Waals surface area (Å²) < 4.78 is 19.4. The molecule has 4 saturated carbocycles. The van der Waals surface area contributed by atoms with Crippen LogP contribution in [0, 0.1) is 17.2 Å². The zero-order chi connectivity index (χ0) is 24.5. The van der Waals surface area contributed by atoms with Crippen LogP contribution in [0.1, 0.15) is 71.1 Å². The van der Waals surface area contributed by atoms with Crippen molar-refractivity contribution in [3.63, 3.8) is 0 Å². The molecule has 5 fully saturated rings. The number of hydrogen-bond acceptors (Lipinski definition) is 6. The number of piperidine rings is 1. The highest BCUT2D eigenvalue weighted by molar-refractivity contribution is 6.21. The van der Waals surface area contributed by atoms with Crippen LogP contribution in [0.5, 0.6) is 0 Å². The first-order valence-electron chi connectivity index (χ1n) is 12.5. The first-order chi connectivity index (χ1) is 16.2. The number of alkyl halides is 2. The molecule has 0 aromatic carbocycles. The molecule has 4 aliphatic carbocycles. The molecule has 0 aromatic rings. The molecule has 10 heteroatoms. The molecule has 8 nitrogen and oxygen atoms in total. The van der Waals surface area contributed by atoms with Crippen molar-refractivity contribution in [3.8, 4) is 6.07 Å². The van der Waals surface area contributed by atoms with E-state index < -0.39 is 28.7 Å². The quantitative estimate of drug-likeness (QED) is 0.414. The Morgan fingerprint density at radius 1 is 1.21 bits per heavy atom. The van der Waals surface area contributed by atoms with Crippen LogP contribution in [0.4, 0.5) is 4.39 Å². The molecule has 7 atom stereocenters. The predicted molar refractivity (Wildman–Crippen MR) is 124 cm³/mol. The fraction of sp³-hybridized carbons (Fsp3) is 0.875. The molecular formula is C24H36ClFN4O4. The Bertz CT molecular complexity index is 815. The minimum atomic E-state index is -1.12. The van der Waals surface area contributed by atoms with Crippen molar-refractivity contribution in [3.05, 3.63) is 0 Å². The molecule has 1 heterocycles. The molecule has 1 saturated heterocycles. The van der Waals surface area contributed by atoms with Crippen molar-refractivity contribution < 1.29 is 23.8 Å². The number of aliphatic hydroxyl groups excluding tert-OH is 1. The molecule has 0 spiro atoms. The van der Waals surface area contributed by atoms with Gasteiger partial charge in [0.05, 0.1) is 41.2 Å². The third-order valence-corrected chi connectivity index (χ3v) is 9.00. The van der Waals surface area contributed by atoms with Gasteiger partial charge in [0.1, 0.15) is 12.8 Å². The zero-order valence-electron chi connectivity index (χ0n) is 19.7. The Kier molecular flexibility index (Phi) is 7.73. The van der Waals surface area contributed by atoms with Crippen LogP contribution >= 0.6 is 11.6 Å². The lowest BCUT2D eigenvalue weighted by Gasteiger charge is -2.56. The number of ether oxygens (including phenoxy) is 1. The van der Waals surface area contributed by atoms with Crippen molar-refractivity contribution in [1.82, 2.24) is 16.0 Å². The fourth-order valence-electron chi connectivity index (χ4n) is 6.21. The topological polar surface area (TPSA) is 123 Å². The highest BCUT2D eigenvalue weighted by atomic mass is 35.5. The number of carbonyl (C=O) groups excluding carboxylic acids is 2. The number of nitrogens with zero attached hydrogens (tertiary/aromatic N) is 1. The van der Waals surface area contributed by atoms with Gasteiger partial charge in [0.2, 0.25) is 11.8 Å². The smallest absolute Gasteiger partial charge is 0.246 e. The van der Waals surface area contributed by atoms with Gasteiger partial charge in [-0.3, -0.25) is 9.59 Å². The molecule has 34 heavy (non-hydrogen) atoms. The van der Waals surface area contributed by atoms with Gasteiger partial charge in [0, 0.05) is 18.0 Å². The molecule has 0 radical (unpaired) electrons. The molecule has 2 amide bonds. The van der Waals surface area contributed by atoms with E-state index in [1.165, 1.54) is 0 Å². The molecule has 1 aliphatic heterocycles. The number of nitrogens with one attached hydrogen (secondary N) is 3. The van der Waals surface area contributed by atoms with Crippen LogP contribution in [0.15, 0.2) is 0 Å². The van der Waals surface area contributed by atoms with Gasteiger partial charge in [0.25, 0.3) is 0 Å². The van der Waals surface area contributed by atoms with Gasteiger partial charge in [0.15, 0.2) is 0 Å². The van der Waals surface area contributed by atoms with E-state index in [0.29, 0.717) is 57.8 Å². The largest absolute Gasteiger partial charge is 0.391 e. The Labute approximate surface area is 205 Å². The fourth-order valence-corrected chi connectivity index (χ4v) is 6.44. The summed E-state index contributed by atoms with van der Waals surface area (Å²) in [6, 6.07) is 1.90. The standard InChI is InChI=1S/C24H36ClFN4O4/c1-14-15(12-27)2-5-19(28-14)22(33)30-23-6-8-24(9-7-23,20(31)11-23)29-21(32)13-34-16-3-4-17(25)18(26)10-16/h14-20,28,31H,2-11,13H2,1H3,(H,29,32)(H,30,33). The first kappa shape index (κ1) is 25.6. The second-order valence-electron chi connectivity index (χ2n) is 10.8. The molecule has 190 valence electrons. The van der Waals surface area contributed by atoms with E-state index in [9.17, 15) is 24.3 Å². The number of rotatable bonds is 6. The van der Waals surface area contributed by atoms with Crippen LogP contribution < -0.4 is 16.0 Å². The second-order valence-corrected chi connectivity index (χ2v) is 11.4. The lowest BCUT2D eigenvalue weighted by molar-refractivity contribution is -0.140. The molecular weight excluding hydrogens is 463 g/mol. The summed E-state index contributed by atoms with van der Waals surface area (Å²) in [7, 11) is 0. The number of fused-ring (bicyclic) bond motifs is 3. The zero-order valence-corrected chi connectivity index (χ0v) is 20.5. The summed E-state index contributed by atoms with van der Waals surface area (Å²) in [6.07, 6.45) is 3.29. The molecule has 4 N–H and O–H groups in total. The van der Waals surface area contributed by atoms with E-state index in [-0.39, 0.29) is 48.9 Å². The average molecular weight is 499 g/mol. The van der Waals surface area contributed by atoms with Gasteiger partial charge in [-0.25, -0.2) is 4.39 Å². The Morgan fingerprint density at radius 3 is 2.56 bits per heavy atom.